The van der Waals surface area contributed by atoms with Crippen LogP contribution in [0.4, 0.5) is 10.5 Å². The summed E-state index contributed by atoms with van der Waals surface area (Å²) in [6.07, 6.45) is 0.625. The Kier molecular flexibility index (Phi) is 6.22. The van der Waals surface area contributed by atoms with Gasteiger partial charge in [0.1, 0.15) is 5.75 Å². The van der Waals surface area contributed by atoms with Crippen molar-refractivity contribution in [1.29, 1.82) is 0 Å². The molecule has 0 aromatic heterocycles. The molecule has 0 aliphatic carbocycles. The summed E-state index contributed by atoms with van der Waals surface area (Å²) >= 11 is 0. The van der Waals surface area contributed by atoms with Crippen LogP contribution in [-0.2, 0) is 9.53 Å². The number of esters is 1. The minimum absolute atomic E-state index is 0.00308. The van der Waals surface area contributed by atoms with Crippen LogP contribution in [0.25, 0.3) is 0 Å². The number of rotatable bonds is 7. The van der Waals surface area contributed by atoms with Crippen molar-refractivity contribution in [3.63, 3.8) is 0 Å². The highest BCUT2D eigenvalue weighted by Gasteiger charge is 2.35. The third-order valence-electron chi connectivity index (χ3n) is 3.97. The number of allylic oxidation sites excluding steroid dienone is 1. The highest BCUT2D eigenvalue weighted by molar-refractivity contribution is 5.95. The molecule has 0 spiro atoms. The molecule has 1 aromatic carbocycles. The highest BCUT2D eigenvalue weighted by atomic mass is 16.6. The van der Waals surface area contributed by atoms with Crippen LogP contribution in [0.5, 0.6) is 11.5 Å². The van der Waals surface area contributed by atoms with Crippen molar-refractivity contribution in [1.82, 2.24) is 10.6 Å². The molecular weight excluding hydrogens is 358 g/mol. The Hall–Kier alpha value is -3.30. The number of urea groups is 1. The molecule has 2 amide bonds. The first-order valence-corrected chi connectivity index (χ1v) is 8.19. The second kappa shape index (κ2) is 8.39. The van der Waals surface area contributed by atoms with Gasteiger partial charge in [0.15, 0.2) is 0 Å². The Bertz CT molecular complexity index is 804. The number of carbonyl (C=O) groups is 2. The minimum atomic E-state index is -0.984. The van der Waals surface area contributed by atoms with Crippen LogP contribution in [-0.4, -0.2) is 37.8 Å². The molecule has 1 unspecified atom stereocenters. The molecule has 0 saturated heterocycles. The maximum atomic E-state index is 12.5. The topological polar surface area (TPSA) is 129 Å². The van der Waals surface area contributed by atoms with E-state index in [0.29, 0.717) is 12.1 Å². The summed E-state index contributed by atoms with van der Waals surface area (Å²) in [5.41, 5.74) is 0.355. The Morgan fingerprint density at radius 2 is 1.93 bits per heavy atom. The number of benzene rings is 1. The lowest BCUT2D eigenvalue weighted by molar-refractivity contribution is -0.385. The first-order valence-electron chi connectivity index (χ1n) is 8.19. The fourth-order valence-corrected chi connectivity index (χ4v) is 2.74. The van der Waals surface area contributed by atoms with Gasteiger partial charge in [0, 0.05) is 23.4 Å². The van der Waals surface area contributed by atoms with E-state index >= 15 is 0 Å². The van der Waals surface area contributed by atoms with Crippen molar-refractivity contribution >= 4 is 17.7 Å². The number of amides is 2. The molecule has 0 bridgehead atoms. The van der Waals surface area contributed by atoms with E-state index in [1.807, 2.05) is 6.92 Å². The molecular formula is C17H21N3O7. The highest BCUT2D eigenvalue weighted by Crippen LogP contribution is 2.40. The van der Waals surface area contributed by atoms with Crippen LogP contribution >= 0.6 is 0 Å². The maximum Gasteiger partial charge on any atom is 0.338 e. The summed E-state index contributed by atoms with van der Waals surface area (Å²) in [4.78, 5) is 35.3. The lowest BCUT2D eigenvalue weighted by Crippen LogP contribution is -2.45. The van der Waals surface area contributed by atoms with Gasteiger partial charge in [-0.05, 0) is 13.3 Å². The van der Waals surface area contributed by atoms with E-state index in [9.17, 15) is 19.7 Å². The molecule has 10 nitrogen and oxygen atoms in total. The van der Waals surface area contributed by atoms with Crippen LogP contribution in [0.15, 0.2) is 23.4 Å². The molecule has 1 aliphatic rings. The van der Waals surface area contributed by atoms with Crippen LogP contribution in [0.1, 0.15) is 31.9 Å². The van der Waals surface area contributed by atoms with E-state index in [2.05, 4.69) is 10.6 Å². The summed E-state index contributed by atoms with van der Waals surface area (Å²) in [6, 6.07) is 1.02. The van der Waals surface area contributed by atoms with E-state index < -0.39 is 23.0 Å². The second-order valence-corrected chi connectivity index (χ2v) is 5.73. The number of hydrogen-bond donors (Lipinski definition) is 2. The number of methoxy groups -OCH3 is 2. The fraction of sp³-hybridized carbons (Fsp3) is 0.412. The van der Waals surface area contributed by atoms with Gasteiger partial charge in [-0.15, -0.1) is 0 Å². The van der Waals surface area contributed by atoms with Gasteiger partial charge in [0.05, 0.1) is 37.4 Å². The average Bonchev–Trinajstić information content (AvgIpc) is 2.64. The van der Waals surface area contributed by atoms with Crippen molar-refractivity contribution in [3.8, 4) is 11.5 Å². The third kappa shape index (κ3) is 4.10. The van der Waals surface area contributed by atoms with Crippen LogP contribution < -0.4 is 20.1 Å². The lowest BCUT2D eigenvalue weighted by atomic mass is 9.94. The molecule has 146 valence electrons. The standard InChI is InChI=1S/C17H21N3O7/c1-5-6-27-16(21)14-9(2)18-17(22)19-15(14)10-7-11(20(23)24)13(26-4)8-12(10)25-3/h7-8,15H,5-6H2,1-4H3,(H2,18,19,22). The predicted octanol–water partition coefficient (Wildman–Crippen LogP) is 2.19. The van der Waals surface area contributed by atoms with Crippen molar-refractivity contribution in [3.05, 3.63) is 39.1 Å². The van der Waals surface area contributed by atoms with E-state index in [4.69, 9.17) is 14.2 Å². The Labute approximate surface area is 155 Å². The van der Waals surface area contributed by atoms with E-state index in [1.54, 1.807) is 6.92 Å². The normalized spacial score (nSPS) is 16.3. The molecule has 27 heavy (non-hydrogen) atoms. The van der Waals surface area contributed by atoms with Gasteiger partial charge >= 0.3 is 17.7 Å². The Morgan fingerprint density at radius 3 is 2.48 bits per heavy atom. The second-order valence-electron chi connectivity index (χ2n) is 5.73. The lowest BCUT2D eigenvalue weighted by Gasteiger charge is -2.29. The summed E-state index contributed by atoms with van der Waals surface area (Å²) in [5.74, 6) is -0.415. The van der Waals surface area contributed by atoms with E-state index in [0.717, 1.165) is 0 Å². The molecule has 1 atom stereocenters. The van der Waals surface area contributed by atoms with E-state index in [-0.39, 0.29) is 34.9 Å². The first kappa shape index (κ1) is 20.0. The molecule has 2 rings (SSSR count). The van der Waals surface area contributed by atoms with Crippen LogP contribution in [0.3, 0.4) is 0 Å². The van der Waals surface area contributed by atoms with Gasteiger partial charge in [-0.25, -0.2) is 9.59 Å². The number of carbonyl (C=O) groups excluding carboxylic acids is 2. The number of ether oxygens (including phenoxy) is 3. The van der Waals surface area contributed by atoms with Gasteiger partial charge in [-0.1, -0.05) is 6.92 Å². The summed E-state index contributed by atoms with van der Waals surface area (Å²) in [6.45, 7) is 3.61. The summed E-state index contributed by atoms with van der Waals surface area (Å²) < 4.78 is 15.5. The SMILES string of the molecule is CCCOC(=O)C1=C(C)NC(=O)NC1c1cc([N+](=O)[O-])c(OC)cc1OC. The predicted molar refractivity (Wildman–Crippen MR) is 94.6 cm³/mol. The third-order valence-corrected chi connectivity index (χ3v) is 3.97. The molecule has 0 fully saturated rings. The molecule has 1 aromatic rings. The van der Waals surface area contributed by atoms with E-state index in [1.165, 1.54) is 26.4 Å². The fourth-order valence-electron chi connectivity index (χ4n) is 2.74. The van der Waals surface area contributed by atoms with Crippen molar-refractivity contribution in [2.75, 3.05) is 20.8 Å². The molecule has 1 heterocycles. The number of nitro groups is 1. The first-order chi connectivity index (χ1) is 12.8. The quantitative estimate of drug-likeness (QED) is 0.422. The Balaban J connectivity index is 2.63. The average molecular weight is 379 g/mol. The molecule has 10 heteroatoms. The minimum Gasteiger partial charge on any atom is -0.496 e. The number of nitro benzene ring substituents is 1. The summed E-state index contributed by atoms with van der Waals surface area (Å²) in [5, 5.41) is 16.5. The number of hydrogen-bond acceptors (Lipinski definition) is 7. The zero-order valence-corrected chi connectivity index (χ0v) is 15.5. The number of nitrogens with zero attached hydrogens (tertiary/aromatic N) is 1. The zero-order chi connectivity index (χ0) is 20.1. The van der Waals surface area contributed by atoms with Gasteiger partial charge in [0.25, 0.3) is 0 Å². The van der Waals surface area contributed by atoms with Gasteiger partial charge in [0.2, 0.25) is 5.75 Å². The van der Waals surface area contributed by atoms with Gasteiger partial charge in [-0.2, -0.15) is 0 Å². The monoisotopic (exact) mass is 379 g/mol. The maximum absolute atomic E-state index is 12.5. The van der Waals surface area contributed by atoms with Crippen LogP contribution in [0, 0.1) is 10.1 Å². The smallest absolute Gasteiger partial charge is 0.338 e. The molecule has 0 saturated carbocycles. The molecule has 0 radical (unpaired) electrons. The largest absolute Gasteiger partial charge is 0.496 e. The van der Waals surface area contributed by atoms with Crippen molar-refractivity contribution in [2.45, 2.75) is 26.3 Å². The van der Waals surface area contributed by atoms with Crippen molar-refractivity contribution in [2.24, 2.45) is 0 Å². The summed E-state index contributed by atoms with van der Waals surface area (Å²) in [7, 11) is 2.67. The van der Waals surface area contributed by atoms with Gasteiger partial charge < -0.3 is 24.8 Å². The number of nitrogens with one attached hydrogen (secondary N) is 2. The van der Waals surface area contributed by atoms with Crippen molar-refractivity contribution < 1.29 is 28.7 Å². The van der Waals surface area contributed by atoms with Crippen LogP contribution in [0.2, 0.25) is 0 Å². The Morgan fingerprint density at radius 1 is 1.26 bits per heavy atom. The molecule has 1 aliphatic heterocycles. The van der Waals surface area contributed by atoms with Gasteiger partial charge in [-0.3, -0.25) is 10.1 Å². The zero-order valence-electron chi connectivity index (χ0n) is 15.5. The molecule has 2 N–H and O–H groups in total.